The van der Waals surface area contributed by atoms with Gasteiger partial charge in [0.1, 0.15) is 0 Å². The summed E-state index contributed by atoms with van der Waals surface area (Å²) in [5.74, 6) is -1.04. The second kappa shape index (κ2) is 4.39. The molecule has 1 aliphatic rings. The molecule has 0 bridgehead atoms. The molecule has 1 heterocycles. The lowest BCUT2D eigenvalue weighted by molar-refractivity contribution is -0.883. The topological polar surface area (TPSA) is 109 Å². The molecule has 0 saturated carbocycles. The third kappa shape index (κ3) is 4.12. The Labute approximate surface area is 114 Å². The Balaban J connectivity index is 3.26. The number of rotatable bonds is 4. The average Bonchev–Trinajstić information content (AvgIpc) is 2.05. The van der Waals surface area contributed by atoms with Crippen LogP contribution in [0.5, 0.6) is 0 Å². The van der Waals surface area contributed by atoms with Crippen LogP contribution in [0.15, 0.2) is 0 Å². The predicted octanol–water partition coefficient (Wildman–Crippen LogP) is -0.135. The van der Waals surface area contributed by atoms with Gasteiger partial charge in [-0.15, -0.1) is 0 Å². The minimum Gasteiger partial charge on any atom is -0.327 e. The summed E-state index contributed by atoms with van der Waals surface area (Å²) in [5.41, 5.74) is -1.86. The van der Waals surface area contributed by atoms with Gasteiger partial charge < -0.3 is 4.48 Å². The smallest absolute Gasteiger partial charge is 0.265 e. The zero-order valence-corrected chi connectivity index (χ0v) is 13.3. The second-order valence-corrected chi connectivity index (χ2v) is 9.73. The number of hydrogen-bond donors (Lipinski definition) is 2. The summed E-state index contributed by atoms with van der Waals surface area (Å²) < 4.78 is 63.4. The summed E-state index contributed by atoms with van der Waals surface area (Å²) in [6.07, 6.45) is 0. The second-order valence-electron chi connectivity index (χ2n) is 6.83. The Bertz CT molecular complexity index is 517. The lowest BCUT2D eigenvalue weighted by Gasteiger charge is -2.35. The van der Waals surface area contributed by atoms with E-state index in [1.165, 1.54) is 0 Å². The van der Waals surface area contributed by atoms with Crippen LogP contribution >= 0.6 is 0 Å². The Hall–Kier alpha value is -0.220. The molecule has 9 heteroatoms. The zero-order valence-electron chi connectivity index (χ0n) is 11.6. The first-order valence-electron chi connectivity index (χ1n) is 5.80. The van der Waals surface area contributed by atoms with Gasteiger partial charge in [-0.1, -0.05) is 13.8 Å². The third-order valence-electron chi connectivity index (χ3n) is 4.01. The molecule has 1 saturated heterocycles. The van der Waals surface area contributed by atoms with Crippen molar-refractivity contribution in [3.8, 4) is 0 Å². The first-order valence-corrected chi connectivity index (χ1v) is 9.02. The Morgan fingerprint density at radius 1 is 0.895 bits per heavy atom. The van der Waals surface area contributed by atoms with Crippen molar-refractivity contribution in [3.05, 3.63) is 0 Å². The van der Waals surface area contributed by atoms with Crippen molar-refractivity contribution >= 4 is 20.2 Å². The predicted molar refractivity (Wildman–Crippen MR) is 70.9 cm³/mol. The molecule has 0 aromatic heterocycles. The maximum Gasteiger partial charge on any atom is 0.265 e. The molecular weight excluding hydrogens is 294 g/mol. The Kier molecular flexibility index (Phi) is 3.89. The first-order chi connectivity index (χ1) is 8.08. The van der Waals surface area contributed by atoms with E-state index in [9.17, 15) is 16.8 Å². The molecule has 0 aliphatic carbocycles. The van der Waals surface area contributed by atoms with Gasteiger partial charge in [0.15, 0.2) is 0 Å². The normalized spacial score (nSPS) is 35.5. The van der Waals surface area contributed by atoms with Crippen LogP contribution in [-0.2, 0) is 20.2 Å². The zero-order chi connectivity index (χ0) is 15.3. The molecule has 2 atom stereocenters. The summed E-state index contributed by atoms with van der Waals surface area (Å²) in [6, 6.07) is 0. The third-order valence-corrected chi connectivity index (χ3v) is 6.02. The van der Waals surface area contributed by atoms with Gasteiger partial charge in [-0.2, -0.15) is 16.8 Å². The van der Waals surface area contributed by atoms with Gasteiger partial charge in [0.25, 0.3) is 20.2 Å². The molecule has 1 aliphatic heterocycles. The highest BCUT2D eigenvalue weighted by atomic mass is 32.2. The van der Waals surface area contributed by atoms with Crippen LogP contribution in [0.25, 0.3) is 0 Å². The van der Waals surface area contributed by atoms with Crippen LogP contribution in [0.3, 0.4) is 0 Å². The van der Waals surface area contributed by atoms with Gasteiger partial charge in [0.2, 0.25) is 0 Å². The van der Waals surface area contributed by atoms with Crippen LogP contribution in [0.1, 0.15) is 13.8 Å². The van der Waals surface area contributed by atoms with E-state index in [0.717, 1.165) is 0 Å². The van der Waals surface area contributed by atoms with E-state index < -0.39 is 42.6 Å². The van der Waals surface area contributed by atoms with Crippen molar-refractivity contribution in [2.24, 2.45) is 10.8 Å². The molecule has 19 heavy (non-hydrogen) atoms. The molecule has 2 unspecified atom stereocenters. The molecule has 1 fully saturated rings. The number of nitrogens with zero attached hydrogens (tertiary/aromatic N) is 1. The molecule has 7 nitrogen and oxygen atoms in total. The van der Waals surface area contributed by atoms with Gasteiger partial charge in [-0.3, -0.25) is 9.11 Å². The van der Waals surface area contributed by atoms with Gasteiger partial charge in [0.05, 0.1) is 38.7 Å². The first kappa shape index (κ1) is 16.8. The average molecular weight is 316 g/mol. The maximum atomic E-state index is 11.2. The van der Waals surface area contributed by atoms with Gasteiger partial charge in [-0.25, -0.2) is 0 Å². The summed E-state index contributed by atoms with van der Waals surface area (Å²) >= 11 is 0. The van der Waals surface area contributed by atoms with E-state index in [0.29, 0.717) is 17.6 Å². The molecule has 0 aromatic rings. The van der Waals surface area contributed by atoms with E-state index in [-0.39, 0.29) is 0 Å². The highest BCUT2D eigenvalue weighted by Gasteiger charge is 2.60. The molecule has 0 radical (unpaired) electrons. The van der Waals surface area contributed by atoms with Crippen molar-refractivity contribution in [1.82, 2.24) is 0 Å². The maximum absolute atomic E-state index is 11.2. The molecule has 0 spiro atoms. The fourth-order valence-corrected chi connectivity index (χ4v) is 6.06. The number of likely N-dealkylation sites (tertiary alicyclic amines) is 1. The van der Waals surface area contributed by atoms with E-state index in [1.807, 2.05) is 14.1 Å². The van der Waals surface area contributed by atoms with Crippen LogP contribution in [0.2, 0.25) is 0 Å². The highest BCUT2D eigenvalue weighted by Crippen LogP contribution is 2.49. The molecule has 0 amide bonds. The van der Waals surface area contributed by atoms with Crippen LogP contribution in [0, 0.1) is 10.8 Å². The van der Waals surface area contributed by atoms with Gasteiger partial charge >= 0.3 is 0 Å². The Morgan fingerprint density at radius 3 is 1.37 bits per heavy atom. The summed E-state index contributed by atoms with van der Waals surface area (Å²) in [5, 5.41) is 0. The SMILES string of the molecule is CC1(CS(=O)(=O)O)C[N+](C)(C)CC1(C)CS(=O)(=O)O. The summed E-state index contributed by atoms with van der Waals surface area (Å²) in [7, 11) is -4.74. The minimum atomic E-state index is -4.23. The standard InChI is InChI=1S/C10H21NO6S2/c1-9(7-18(12,13)14)5-11(3,4)6-10(9,2)8-19(15,16)17/h5-8H2,1-4H3,(H-,12,13,14,15,16,17)/p+1. The van der Waals surface area contributed by atoms with Crippen molar-refractivity contribution in [2.45, 2.75) is 13.8 Å². The van der Waals surface area contributed by atoms with E-state index in [4.69, 9.17) is 9.11 Å². The summed E-state index contributed by atoms with van der Waals surface area (Å²) in [4.78, 5) is 0. The molecule has 114 valence electrons. The fraction of sp³-hybridized carbons (Fsp3) is 1.00. The monoisotopic (exact) mass is 316 g/mol. The van der Waals surface area contributed by atoms with E-state index in [1.54, 1.807) is 13.8 Å². The van der Waals surface area contributed by atoms with Gasteiger partial charge in [-0.05, 0) is 0 Å². The quantitative estimate of drug-likeness (QED) is 0.552. The lowest BCUT2D eigenvalue weighted by atomic mass is 9.70. The fourth-order valence-electron chi connectivity index (χ4n) is 3.57. The molecule has 2 N–H and O–H groups in total. The van der Waals surface area contributed by atoms with Crippen LogP contribution in [-0.4, -0.2) is 69.1 Å². The molecule has 0 aromatic carbocycles. The van der Waals surface area contributed by atoms with Crippen molar-refractivity contribution < 1.29 is 30.4 Å². The molecular formula is C10H22NO6S2+. The van der Waals surface area contributed by atoms with Crippen molar-refractivity contribution in [1.29, 1.82) is 0 Å². The van der Waals surface area contributed by atoms with E-state index >= 15 is 0 Å². The number of quaternary nitrogens is 1. The minimum absolute atomic E-state index is 0.402. The van der Waals surface area contributed by atoms with Crippen LogP contribution in [0.4, 0.5) is 0 Å². The lowest BCUT2D eigenvalue weighted by Crippen LogP contribution is -2.45. The highest BCUT2D eigenvalue weighted by molar-refractivity contribution is 7.86. The van der Waals surface area contributed by atoms with Crippen molar-refractivity contribution in [2.75, 3.05) is 38.7 Å². The van der Waals surface area contributed by atoms with E-state index in [2.05, 4.69) is 0 Å². The Morgan fingerprint density at radius 2 is 1.16 bits per heavy atom. The molecule has 1 rings (SSSR count). The van der Waals surface area contributed by atoms with Crippen LogP contribution < -0.4 is 0 Å². The largest absolute Gasteiger partial charge is 0.327 e. The van der Waals surface area contributed by atoms with Gasteiger partial charge in [0, 0.05) is 10.8 Å². The summed E-state index contributed by atoms with van der Waals surface area (Å²) in [6.45, 7) is 4.08. The number of hydrogen-bond acceptors (Lipinski definition) is 4. The van der Waals surface area contributed by atoms with Crippen molar-refractivity contribution in [3.63, 3.8) is 0 Å².